The summed E-state index contributed by atoms with van der Waals surface area (Å²) in [5, 5.41) is 30.6. The maximum Gasteiger partial charge on any atom is 0.326 e. The first-order chi connectivity index (χ1) is 11.9. The highest BCUT2D eigenvalue weighted by Crippen LogP contribution is 2.48. The first-order valence-corrected chi connectivity index (χ1v) is 8.09. The second-order valence-corrected chi connectivity index (χ2v) is 6.61. The molecule has 3 rings (SSSR count). The quantitative estimate of drug-likeness (QED) is 0.571. The summed E-state index contributed by atoms with van der Waals surface area (Å²) in [5.74, 6) is -4.55. The molecule has 2 aliphatic rings. The number of aromatic hydroxyl groups is 1. The van der Waals surface area contributed by atoms with Crippen LogP contribution in [0.3, 0.4) is 0 Å². The molecule has 5 atom stereocenters. The predicted molar refractivity (Wildman–Crippen MR) is 86.7 cm³/mol. The largest absolute Gasteiger partial charge is 0.508 e. The van der Waals surface area contributed by atoms with Crippen molar-refractivity contribution in [2.24, 2.45) is 23.7 Å². The molecule has 7 heteroatoms. The lowest BCUT2D eigenvalue weighted by Gasteiger charge is -2.25. The fourth-order valence-electron chi connectivity index (χ4n) is 3.85. The maximum absolute atomic E-state index is 12.6. The fraction of sp³-hybridized carbons (Fsp3) is 0.389. The summed E-state index contributed by atoms with van der Waals surface area (Å²) in [6, 6.07) is 4.89. The van der Waals surface area contributed by atoms with Gasteiger partial charge >= 0.3 is 11.9 Å². The van der Waals surface area contributed by atoms with E-state index in [4.69, 9.17) is 0 Å². The van der Waals surface area contributed by atoms with Crippen LogP contribution in [-0.4, -0.2) is 39.2 Å². The third-order valence-electron chi connectivity index (χ3n) is 5.04. The van der Waals surface area contributed by atoms with Crippen LogP contribution in [0.1, 0.15) is 12.0 Å². The van der Waals surface area contributed by atoms with E-state index in [1.165, 1.54) is 12.1 Å². The number of aliphatic carboxylic acids is 2. The van der Waals surface area contributed by atoms with Gasteiger partial charge in [0.15, 0.2) is 0 Å². The number of rotatable bonds is 6. The van der Waals surface area contributed by atoms with Crippen molar-refractivity contribution in [3.63, 3.8) is 0 Å². The first kappa shape index (κ1) is 17.0. The number of phenols is 1. The van der Waals surface area contributed by atoms with Gasteiger partial charge in [0, 0.05) is 6.42 Å². The van der Waals surface area contributed by atoms with Crippen molar-refractivity contribution in [3.05, 3.63) is 42.0 Å². The number of carboxylic acids is 2. The van der Waals surface area contributed by atoms with Crippen molar-refractivity contribution in [2.45, 2.75) is 18.9 Å². The van der Waals surface area contributed by atoms with E-state index in [0.717, 1.165) is 0 Å². The van der Waals surface area contributed by atoms with Gasteiger partial charge in [0.2, 0.25) is 5.91 Å². The van der Waals surface area contributed by atoms with Crippen LogP contribution < -0.4 is 5.32 Å². The minimum atomic E-state index is -1.19. The summed E-state index contributed by atoms with van der Waals surface area (Å²) >= 11 is 0. The molecule has 1 aromatic carbocycles. The number of carboxylic acid groups (broad SMARTS) is 2. The lowest BCUT2D eigenvalue weighted by atomic mass is 9.82. The van der Waals surface area contributed by atoms with Crippen molar-refractivity contribution in [3.8, 4) is 5.75 Å². The van der Waals surface area contributed by atoms with Crippen LogP contribution in [0.5, 0.6) is 5.75 Å². The number of nitrogens with one attached hydrogen (secondary N) is 1. The molecule has 0 radical (unpaired) electrons. The lowest BCUT2D eigenvalue weighted by Crippen LogP contribution is -2.48. The van der Waals surface area contributed by atoms with E-state index in [1.807, 2.05) is 12.2 Å². The van der Waals surface area contributed by atoms with Crippen LogP contribution in [0.4, 0.5) is 0 Å². The standard InChI is InChI=1S/C18H19NO6/c20-12-5-1-9(2-6-12)7-13(17(22)23)19-16(21)14-10-3-4-11(8-10)15(14)18(24)25/h1-6,10-11,13-15,20H,7-8H2,(H,19,21)(H,22,23)(H,24,25)/t10-,11-,13+,14-,15-/m0/s1. The second kappa shape index (κ2) is 6.58. The number of fused-ring (bicyclic) bond motifs is 2. The Kier molecular flexibility index (Phi) is 4.48. The average molecular weight is 345 g/mol. The van der Waals surface area contributed by atoms with Gasteiger partial charge in [0.05, 0.1) is 11.8 Å². The Hall–Kier alpha value is -2.83. The molecule has 0 aliphatic heterocycles. The van der Waals surface area contributed by atoms with Gasteiger partial charge in [-0.05, 0) is 36.0 Å². The monoisotopic (exact) mass is 345 g/mol. The molecule has 0 heterocycles. The summed E-state index contributed by atoms with van der Waals surface area (Å²) in [5.41, 5.74) is 0.646. The van der Waals surface area contributed by atoms with E-state index in [-0.39, 0.29) is 24.0 Å². The third-order valence-corrected chi connectivity index (χ3v) is 5.04. The Morgan fingerprint density at radius 2 is 1.64 bits per heavy atom. The van der Waals surface area contributed by atoms with Crippen LogP contribution in [0.2, 0.25) is 0 Å². The normalized spacial score (nSPS) is 27.8. The third kappa shape index (κ3) is 3.35. The van der Waals surface area contributed by atoms with Crippen LogP contribution in [0.15, 0.2) is 36.4 Å². The SMILES string of the molecule is O=C(O)[C@@H]1[C@@H](C(=O)N[C@H](Cc2ccc(O)cc2)C(=O)O)[C@H]2C=C[C@H]1C2. The maximum atomic E-state index is 12.6. The van der Waals surface area contributed by atoms with Crippen LogP contribution >= 0.6 is 0 Å². The molecule has 1 saturated carbocycles. The number of allylic oxidation sites excluding steroid dienone is 2. The van der Waals surface area contributed by atoms with Crippen LogP contribution in [0, 0.1) is 23.7 Å². The van der Waals surface area contributed by atoms with E-state index in [1.54, 1.807) is 12.1 Å². The van der Waals surface area contributed by atoms with Gasteiger partial charge in [-0.1, -0.05) is 24.3 Å². The molecule has 1 amide bonds. The molecule has 1 fully saturated rings. The Labute approximate surface area is 144 Å². The number of benzene rings is 1. The van der Waals surface area contributed by atoms with Crippen molar-refractivity contribution < 1.29 is 29.7 Å². The molecule has 4 N–H and O–H groups in total. The van der Waals surface area contributed by atoms with Crippen molar-refractivity contribution in [2.75, 3.05) is 0 Å². The zero-order valence-corrected chi connectivity index (χ0v) is 13.3. The van der Waals surface area contributed by atoms with Gasteiger partial charge in [-0.25, -0.2) is 4.79 Å². The summed E-state index contributed by atoms with van der Waals surface area (Å²) < 4.78 is 0. The summed E-state index contributed by atoms with van der Waals surface area (Å²) in [7, 11) is 0. The molecule has 7 nitrogen and oxygen atoms in total. The Balaban J connectivity index is 1.72. The van der Waals surface area contributed by atoms with Crippen LogP contribution in [0.25, 0.3) is 0 Å². The smallest absolute Gasteiger partial charge is 0.326 e. The molecule has 0 saturated heterocycles. The van der Waals surface area contributed by atoms with E-state index in [0.29, 0.717) is 12.0 Å². The molecule has 0 aromatic heterocycles. The number of hydrogen-bond donors (Lipinski definition) is 4. The molecule has 25 heavy (non-hydrogen) atoms. The molecule has 2 aliphatic carbocycles. The minimum absolute atomic E-state index is 0.0513. The van der Waals surface area contributed by atoms with Gasteiger partial charge in [0.1, 0.15) is 11.8 Å². The molecular formula is C18H19NO6. The van der Waals surface area contributed by atoms with Gasteiger partial charge in [-0.15, -0.1) is 0 Å². The van der Waals surface area contributed by atoms with Gasteiger partial charge in [0.25, 0.3) is 0 Å². The van der Waals surface area contributed by atoms with Gasteiger partial charge in [-0.2, -0.15) is 0 Å². The van der Waals surface area contributed by atoms with Crippen molar-refractivity contribution in [1.29, 1.82) is 0 Å². The predicted octanol–water partition coefficient (Wildman–Crippen LogP) is 1.03. The summed E-state index contributed by atoms with van der Waals surface area (Å²) in [6.07, 6.45) is 4.35. The molecule has 1 aromatic rings. The molecule has 0 spiro atoms. The van der Waals surface area contributed by atoms with Crippen molar-refractivity contribution in [1.82, 2.24) is 5.32 Å². The molecule has 2 bridgehead atoms. The number of amides is 1. The molecular weight excluding hydrogens is 326 g/mol. The van der Waals surface area contributed by atoms with E-state index < -0.39 is 35.7 Å². The number of carbonyl (C=O) groups is 3. The molecule has 132 valence electrons. The zero-order chi connectivity index (χ0) is 18.1. The zero-order valence-electron chi connectivity index (χ0n) is 13.3. The highest BCUT2D eigenvalue weighted by Gasteiger charge is 2.52. The highest BCUT2D eigenvalue weighted by atomic mass is 16.4. The van der Waals surface area contributed by atoms with Gasteiger partial charge in [-0.3, -0.25) is 9.59 Å². The topological polar surface area (TPSA) is 124 Å². The first-order valence-electron chi connectivity index (χ1n) is 8.09. The van der Waals surface area contributed by atoms with E-state index in [2.05, 4.69) is 5.32 Å². The fourth-order valence-corrected chi connectivity index (χ4v) is 3.85. The highest BCUT2D eigenvalue weighted by molar-refractivity contribution is 5.89. The second-order valence-electron chi connectivity index (χ2n) is 6.61. The summed E-state index contributed by atoms with van der Waals surface area (Å²) in [4.78, 5) is 35.6. The average Bonchev–Trinajstić information content (AvgIpc) is 3.17. The van der Waals surface area contributed by atoms with E-state index >= 15 is 0 Å². The van der Waals surface area contributed by atoms with Gasteiger partial charge < -0.3 is 20.6 Å². The van der Waals surface area contributed by atoms with Crippen LogP contribution in [-0.2, 0) is 20.8 Å². The van der Waals surface area contributed by atoms with E-state index in [9.17, 15) is 29.7 Å². The van der Waals surface area contributed by atoms with Crippen molar-refractivity contribution >= 4 is 17.8 Å². The lowest BCUT2D eigenvalue weighted by molar-refractivity contribution is -0.148. The number of carbonyl (C=O) groups excluding carboxylic acids is 1. The minimum Gasteiger partial charge on any atom is -0.508 e. The molecule has 0 unspecified atom stereocenters. The number of hydrogen-bond acceptors (Lipinski definition) is 4. The summed E-state index contributed by atoms with van der Waals surface area (Å²) in [6.45, 7) is 0. The Morgan fingerprint density at radius 1 is 1.04 bits per heavy atom. The Morgan fingerprint density at radius 3 is 2.20 bits per heavy atom. The Bertz CT molecular complexity index is 726. The number of phenolic OH excluding ortho intramolecular Hbond substituents is 1.